The molecule has 56 valence electrons. The molecule has 0 aromatic carbocycles. The fourth-order valence-electron chi connectivity index (χ4n) is 0.304. The van der Waals surface area contributed by atoms with E-state index in [2.05, 4.69) is 4.52 Å². The van der Waals surface area contributed by atoms with Crippen LogP contribution in [0.5, 0.6) is 0 Å². The standard InChI is InChI=1S/C3H11N2O3P/c4-1-3(2-6)8-9(5)7/h3,6-7H,1-2,4-5H2. The molecule has 0 aliphatic carbocycles. The van der Waals surface area contributed by atoms with Crippen molar-refractivity contribution in [2.75, 3.05) is 13.2 Å². The van der Waals surface area contributed by atoms with Crippen molar-refractivity contribution in [3.63, 3.8) is 0 Å². The van der Waals surface area contributed by atoms with Crippen molar-refractivity contribution >= 4 is 8.53 Å². The molecule has 9 heavy (non-hydrogen) atoms. The molecule has 0 aromatic rings. The van der Waals surface area contributed by atoms with Crippen molar-refractivity contribution < 1.29 is 14.5 Å². The minimum atomic E-state index is -1.89. The van der Waals surface area contributed by atoms with E-state index in [0.717, 1.165) is 0 Å². The number of hydrogen-bond donors (Lipinski definition) is 4. The molecule has 2 atom stereocenters. The second-order valence-corrected chi connectivity index (χ2v) is 2.26. The lowest BCUT2D eigenvalue weighted by Gasteiger charge is -2.12. The highest BCUT2D eigenvalue weighted by Gasteiger charge is 2.08. The first-order valence-electron chi connectivity index (χ1n) is 2.42. The van der Waals surface area contributed by atoms with Gasteiger partial charge in [-0.1, -0.05) is 0 Å². The van der Waals surface area contributed by atoms with E-state index in [4.69, 9.17) is 21.2 Å². The molecule has 0 saturated carbocycles. The van der Waals surface area contributed by atoms with E-state index >= 15 is 0 Å². The largest absolute Gasteiger partial charge is 0.394 e. The Labute approximate surface area is 54.6 Å². The first-order valence-corrected chi connectivity index (χ1v) is 3.70. The lowest BCUT2D eigenvalue weighted by Crippen LogP contribution is -2.26. The summed E-state index contributed by atoms with van der Waals surface area (Å²) < 4.78 is 4.57. The van der Waals surface area contributed by atoms with Crippen molar-refractivity contribution in [2.45, 2.75) is 6.10 Å². The molecule has 6 N–H and O–H groups in total. The van der Waals surface area contributed by atoms with Crippen LogP contribution in [0.3, 0.4) is 0 Å². The lowest BCUT2D eigenvalue weighted by molar-refractivity contribution is 0.123. The van der Waals surface area contributed by atoms with Crippen LogP contribution in [0.1, 0.15) is 0 Å². The van der Waals surface area contributed by atoms with E-state index in [9.17, 15) is 0 Å². The SMILES string of the molecule is NCC(CO)OP(N)O. The van der Waals surface area contributed by atoms with Gasteiger partial charge in [0.1, 0.15) is 6.10 Å². The zero-order valence-electron chi connectivity index (χ0n) is 4.90. The summed E-state index contributed by atoms with van der Waals surface area (Å²) in [6.45, 7) is -0.0554. The highest BCUT2D eigenvalue weighted by Crippen LogP contribution is 2.21. The van der Waals surface area contributed by atoms with Gasteiger partial charge in [0.2, 0.25) is 0 Å². The maximum absolute atomic E-state index is 8.44. The van der Waals surface area contributed by atoms with Gasteiger partial charge in [-0.3, -0.25) is 5.50 Å². The zero-order chi connectivity index (χ0) is 7.28. The average molecular weight is 154 g/mol. The Hall–Kier alpha value is 0.230. The highest BCUT2D eigenvalue weighted by atomic mass is 31.2. The van der Waals surface area contributed by atoms with Crippen LogP contribution >= 0.6 is 8.53 Å². The lowest BCUT2D eigenvalue weighted by atomic mass is 10.4. The molecule has 0 aliphatic rings. The van der Waals surface area contributed by atoms with Crippen LogP contribution in [0.25, 0.3) is 0 Å². The second-order valence-electron chi connectivity index (χ2n) is 1.45. The summed E-state index contributed by atoms with van der Waals surface area (Å²) >= 11 is 0. The molecule has 0 radical (unpaired) electrons. The molecule has 0 rings (SSSR count). The van der Waals surface area contributed by atoms with Crippen molar-refractivity contribution in [1.82, 2.24) is 0 Å². The molecule has 0 aliphatic heterocycles. The van der Waals surface area contributed by atoms with E-state index in [1.807, 2.05) is 0 Å². The number of nitrogens with two attached hydrogens (primary N) is 2. The molecule has 0 heterocycles. The first kappa shape index (κ1) is 9.23. The van der Waals surface area contributed by atoms with Crippen LogP contribution in [0.15, 0.2) is 0 Å². The molecule has 6 heteroatoms. The zero-order valence-corrected chi connectivity index (χ0v) is 5.79. The second kappa shape index (κ2) is 5.05. The minimum Gasteiger partial charge on any atom is -0.394 e. The smallest absolute Gasteiger partial charge is 0.250 e. The van der Waals surface area contributed by atoms with Crippen LogP contribution in [0.4, 0.5) is 0 Å². The first-order chi connectivity index (χ1) is 4.20. The Morgan fingerprint density at radius 3 is 2.33 bits per heavy atom. The molecule has 0 spiro atoms. The minimum absolute atomic E-state index is 0.160. The van der Waals surface area contributed by atoms with Crippen LogP contribution in [-0.4, -0.2) is 29.3 Å². The van der Waals surface area contributed by atoms with Gasteiger partial charge in [-0.25, -0.2) is 0 Å². The van der Waals surface area contributed by atoms with E-state index in [1.165, 1.54) is 0 Å². The third-order valence-corrected chi connectivity index (χ3v) is 1.24. The fraction of sp³-hybridized carbons (Fsp3) is 1.00. The van der Waals surface area contributed by atoms with E-state index in [-0.39, 0.29) is 13.2 Å². The average Bonchev–Trinajstić information content (AvgIpc) is 1.82. The Bertz CT molecular complexity index is 68.1. The van der Waals surface area contributed by atoms with Crippen molar-refractivity contribution in [3.8, 4) is 0 Å². The Kier molecular flexibility index (Phi) is 5.18. The van der Waals surface area contributed by atoms with Crippen LogP contribution in [0.2, 0.25) is 0 Å². The highest BCUT2D eigenvalue weighted by molar-refractivity contribution is 7.43. The molecule has 5 nitrogen and oxygen atoms in total. The third-order valence-electron chi connectivity index (χ3n) is 0.724. The van der Waals surface area contributed by atoms with E-state index in [1.54, 1.807) is 0 Å². The predicted octanol–water partition coefficient (Wildman–Crippen LogP) is -1.50. The predicted molar refractivity (Wildman–Crippen MR) is 34.3 cm³/mol. The number of hydrogen-bond acceptors (Lipinski definition) is 5. The van der Waals surface area contributed by atoms with Gasteiger partial charge in [-0.15, -0.1) is 0 Å². The maximum atomic E-state index is 8.44. The van der Waals surface area contributed by atoms with Crippen molar-refractivity contribution in [3.05, 3.63) is 0 Å². The molecule has 0 aromatic heterocycles. The number of aliphatic hydroxyl groups is 1. The topological polar surface area (TPSA) is 102 Å². The molecule has 0 bridgehead atoms. The monoisotopic (exact) mass is 154 g/mol. The summed E-state index contributed by atoms with van der Waals surface area (Å²) in [7, 11) is -1.89. The van der Waals surface area contributed by atoms with Crippen molar-refractivity contribution in [2.24, 2.45) is 11.2 Å². The fourth-order valence-corrected chi connectivity index (χ4v) is 0.762. The van der Waals surface area contributed by atoms with Crippen molar-refractivity contribution in [1.29, 1.82) is 0 Å². The summed E-state index contributed by atoms with van der Waals surface area (Å²) in [5, 5.41) is 8.41. The maximum Gasteiger partial charge on any atom is 0.250 e. The molecule has 0 fully saturated rings. The summed E-state index contributed by atoms with van der Waals surface area (Å²) in [4.78, 5) is 8.44. The molecule has 0 saturated heterocycles. The van der Waals surface area contributed by atoms with Gasteiger partial charge in [-0.2, -0.15) is 0 Å². The van der Waals surface area contributed by atoms with Gasteiger partial charge in [0, 0.05) is 6.54 Å². The van der Waals surface area contributed by atoms with Crippen LogP contribution in [0, 0.1) is 0 Å². The van der Waals surface area contributed by atoms with Crippen LogP contribution in [-0.2, 0) is 4.52 Å². The quantitative estimate of drug-likeness (QED) is 0.369. The number of rotatable bonds is 4. The summed E-state index contributed by atoms with van der Waals surface area (Å²) in [5.74, 6) is 0. The molecular formula is C3H11N2O3P. The van der Waals surface area contributed by atoms with Gasteiger partial charge in [0.25, 0.3) is 8.53 Å². The van der Waals surface area contributed by atoms with Gasteiger partial charge in [0.15, 0.2) is 0 Å². The summed E-state index contributed by atoms with van der Waals surface area (Å²) in [6, 6.07) is 0. The molecule has 0 amide bonds. The number of aliphatic hydroxyl groups excluding tert-OH is 1. The molecular weight excluding hydrogens is 143 g/mol. The van der Waals surface area contributed by atoms with E-state index < -0.39 is 14.6 Å². The van der Waals surface area contributed by atoms with Gasteiger partial charge in [0.05, 0.1) is 6.61 Å². The van der Waals surface area contributed by atoms with E-state index in [0.29, 0.717) is 0 Å². The third kappa shape index (κ3) is 4.72. The summed E-state index contributed by atoms with van der Waals surface area (Å²) in [5.41, 5.74) is 9.97. The Morgan fingerprint density at radius 2 is 2.22 bits per heavy atom. The van der Waals surface area contributed by atoms with Gasteiger partial charge in [-0.05, 0) is 0 Å². The van der Waals surface area contributed by atoms with Crippen LogP contribution < -0.4 is 11.2 Å². The Balaban J connectivity index is 3.31. The normalized spacial score (nSPS) is 17.3. The van der Waals surface area contributed by atoms with Gasteiger partial charge >= 0.3 is 0 Å². The Morgan fingerprint density at radius 1 is 1.67 bits per heavy atom. The molecule has 2 unspecified atom stereocenters. The summed E-state index contributed by atoms with van der Waals surface area (Å²) in [6.07, 6.45) is -0.536. The van der Waals surface area contributed by atoms with Gasteiger partial charge < -0.3 is 20.3 Å².